The number of amides is 1. The first-order chi connectivity index (χ1) is 18.1. The molecule has 0 fully saturated rings. The summed E-state index contributed by atoms with van der Waals surface area (Å²) in [6.07, 6.45) is 0. The second-order valence-electron chi connectivity index (χ2n) is 8.14. The lowest BCUT2D eigenvalue weighted by atomic mass is 10.1. The summed E-state index contributed by atoms with van der Waals surface area (Å²) >= 11 is 0. The smallest absolute Gasteiger partial charge is 0.358 e. The van der Waals surface area contributed by atoms with Crippen molar-refractivity contribution in [2.24, 2.45) is 0 Å². The molecular weight excluding hydrogens is 468 g/mol. The number of carbonyl (C=O) groups is 2. The summed E-state index contributed by atoms with van der Waals surface area (Å²) in [6.45, 7) is 1.98. The number of nitrogens with one attached hydrogen (secondary N) is 1. The highest BCUT2D eigenvalue weighted by Gasteiger charge is 2.20. The zero-order chi connectivity index (χ0) is 25.8. The monoisotopic (exact) mass is 492 g/mol. The number of hydrogen-bond acceptors (Lipinski definition) is 6. The summed E-state index contributed by atoms with van der Waals surface area (Å²) in [5.41, 5.74) is 3.82. The van der Waals surface area contributed by atoms with Crippen molar-refractivity contribution in [3.05, 3.63) is 102 Å². The molecule has 0 spiro atoms. The molecule has 0 radical (unpaired) electrons. The highest BCUT2D eigenvalue weighted by molar-refractivity contribution is 6.04. The van der Waals surface area contributed by atoms with Crippen molar-refractivity contribution in [3.8, 4) is 22.7 Å². The minimum atomic E-state index is -0.524. The van der Waals surface area contributed by atoms with Gasteiger partial charge in [-0.2, -0.15) is 5.10 Å². The fourth-order valence-electron chi connectivity index (χ4n) is 4.02. The van der Waals surface area contributed by atoms with E-state index in [1.807, 2.05) is 72.8 Å². The van der Waals surface area contributed by atoms with Gasteiger partial charge in [0.15, 0.2) is 5.69 Å². The maximum atomic E-state index is 13.0. The molecule has 0 bridgehead atoms. The van der Waals surface area contributed by atoms with E-state index in [9.17, 15) is 9.59 Å². The van der Waals surface area contributed by atoms with Crippen molar-refractivity contribution in [3.63, 3.8) is 0 Å². The third-order valence-electron chi connectivity index (χ3n) is 5.75. The molecule has 0 atom stereocenters. The molecule has 184 valence electrons. The number of anilines is 1. The van der Waals surface area contributed by atoms with Crippen molar-refractivity contribution >= 4 is 28.5 Å². The van der Waals surface area contributed by atoms with Gasteiger partial charge < -0.3 is 14.8 Å². The Hall–Kier alpha value is -4.98. The Labute approximate surface area is 213 Å². The fourth-order valence-corrected chi connectivity index (χ4v) is 4.02. The number of rotatable bonds is 7. The molecule has 2 aromatic heterocycles. The van der Waals surface area contributed by atoms with Gasteiger partial charge >= 0.3 is 5.97 Å². The minimum absolute atomic E-state index is 0.164. The van der Waals surface area contributed by atoms with Gasteiger partial charge in [0.25, 0.3) is 5.91 Å². The number of methoxy groups -OCH3 is 1. The van der Waals surface area contributed by atoms with Crippen molar-refractivity contribution in [2.45, 2.75) is 6.92 Å². The van der Waals surface area contributed by atoms with Crippen molar-refractivity contribution in [1.82, 2.24) is 14.8 Å². The Bertz CT molecular complexity index is 1610. The Balaban J connectivity index is 1.51. The van der Waals surface area contributed by atoms with E-state index in [0.717, 1.165) is 16.5 Å². The first-order valence-corrected chi connectivity index (χ1v) is 11.8. The van der Waals surface area contributed by atoms with Crippen LogP contribution in [0.15, 0.2) is 91.0 Å². The number of hydrogen-bond donors (Lipinski definition) is 1. The maximum Gasteiger partial charge on any atom is 0.358 e. The van der Waals surface area contributed by atoms with E-state index in [-0.39, 0.29) is 18.2 Å². The molecule has 8 nitrogen and oxygen atoms in total. The van der Waals surface area contributed by atoms with E-state index in [1.54, 1.807) is 36.9 Å². The van der Waals surface area contributed by atoms with E-state index in [4.69, 9.17) is 9.47 Å². The second kappa shape index (κ2) is 10.3. The van der Waals surface area contributed by atoms with Gasteiger partial charge in [0.05, 0.1) is 24.9 Å². The number of esters is 1. The minimum Gasteiger partial charge on any atom is -0.494 e. The first-order valence-electron chi connectivity index (χ1n) is 11.8. The topological polar surface area (TPSA) is 95.3 Å². The highest BCUT2D eigenvalue weighted by atomic mass is 16.5. The Morgan fingerprint density at radius 1 is 0.892 bits per heavy atom. The molecule has 0 aliphatic carbocycles. The van der Waals surface area contributed by atoms with E-state index in [0.29, 0.717) is 28.5 Å². The first kappa shape index (κ1) is 23.7. The molecule has 0 saturated heterocycles. The fraction of sp³-hybridized carbons (Fsp3) is 0.103. The zero-order valence-electron chi connectivity index (χ0n) is 20.3. The quantitative estimate of drug-likeness (QED) is 0.300. The van der Waals surface area contributed by atoms with Crippen LogP contribution in [-0.4, -0.2) is 40.4 Å². The van der Waals surface area contributed by atoms with Gasteiger partial charge in [-0.25, -0.2) is 14.5 Å². The van der Waals surface area contributed by atoms with Crippen LogP contribution in [0.25, 0.3) is 27.8 Å². The predicted octanol–water partition coefficient (Wildman–Crippen LogP) is 5.53. The molecule has 37 heavy (non-hydrogen) atoms. The summed E-state index contributed by atoms with van der Waals surface area (Å²) in [7, 11) is 1.57. The van der Waals surface area contributed by atoms with Crippen molar-refractivity contribution in [2.75, 3.05) is 19.0 Å². The SMILES string of the molecule is CCOC(=O)c1cc(-c2cccc(NC(=O)c3ccc4ccccc4n3)c2)n(-c2ccccc2OC)n1. The molecule has 0 aliphatic heterocycles. The molecule has 0 aliphatic rings. The number of ether oxygens (including phenoxy) is 2. The van der Waals surface area contributed by atoms with E-state index in [1.165, 1.54) is 0 Å². The number of benzene rings is 3. The number of aromatic nitrogens is 3. The third-order valence-corrected chi connectivity index (χ3v) is 5.75. The number of nitrogens with zero attached hydrogens (tertiary/aromatic N) is 3. The molecule has 8 heteroatoms. The standard InChI is InChI=1S/C29H24N4O4/c1-3-37-29(35)24-18-26(33(32-24)25-13-6-7-14-27(25)36-2)20-10-8-11-21(17-20)30-28(34)23-16-15-19-9-4-5-12-22(19)31-23/h4-18H,3H2,1-2H3,(H,30,34). The lowest BCUT2D eigenvalue weighted by Crippen LogP contribution is -2.13. The van der Waals surface area contributed by atoms with Gasteiger partial charge in [0.2, 0.25) is 0 Å². The van der Waals surface area contributed by atoms with Crippen molar-refractivity contribution < 1.29 is 19.1 Å². The van der Waals surface area contributed by atoms with Crippen LogP contribution in [0.3, 0.4) is 0 Å². The normalized spacial score (nSPS) is 10.8. The molecule has 0 unspecified atom stereocenters. The second-order valence-corrected chi connectivity index (χ2v) is 8.14. The summed E-state index contributed by atoms with van der Waals surface area (Å²) in [6, 6.07) is 27.6. The average Bonchev–Trinajstić information content (AvgIpc) is 3.38. The van der Waals surface area contributed by atoms with Crippen LogP contribution >= 0.6 is 0 Å². The predicted molar refractivity (Wildman–Crippen MR) is 141 cm³/mol. The Kier molecular flexibility index (Phi) is 6.63. The third kappa shape index (κ3) is 4.90. The van der Waals surface area contributed by atoms with Gasteiger partial charge in [-0.05, 0) is 49.4 Å². The number of para-hydroxylation sites is 3. The van der Waals surface area contributed by atoms with Gasteiger partial charge in [0, 0.05) is 16.6 Å². The summed E-state index contributed by atoms with van der Waals surface area (Å²) in [5.74, 6) is -0.258. The molecular formula is C29H24N4O4. The highest BCUT2D eigenvalue weighted by Crippen LogP contribution is 2.30. The summed E-state index contributed by atoms with van der Waals surface area (Å²) in [5, 5.41) is 8.39. The van der Waals surface area contributed by atoms with Crippen molar-refractivity contribution in [1.29, 1.82) is 0 Å². The van der Waals surface area contributed by atoms with E-state index in [2.05, 4.69) is 15.4 Å². The van der Waals surface area contributed by atoms with Crippen LogP contribution in [0, 0.1) is 0 Å². The van der Waals surface area contributed by atoms with Crippen LogP contribution < -0.4 is 10.1 Å². The summed E-state index contributed by atoms with van der Waals surface area (Å²) < 4.78 is 12.3. The van der Waals surface area contributed by atoms with Crippen LogP contribution in [0.1, 0.15) is 27.9 Å². The molecule has 5 aromatic rings. The molecule has 1 N–H and O–H groups in total. The van der Waals surface area contributed by atoms with Gasteiger partial charge in [-0.15, -0.1) is 0 Å². The summed E-state index contributed by atoms with van der Waals surface area (Å²) in [4.78, 5) is 29.9. The van der Waals surface area contributed by atoms with E-state index >= 15 is 0 Å². The van der Waals surface area contributed by atoms with Crippen LogP contribution in [0.2, 0.25) is 0 Å². The van der Waals surface area contributed by atoms with Crippen LogP contribution in [-0.2, 0) is 4.74 Å². The average molecular weight is 493 g/mol. The largest absolute Gasteiger partial charge is 0.494 e. The van der Waals surface area contributed by atoms with Crippen LogP contribution in [0.4, 0.5) is 5.69 Å². The van der Waals surface area contributed by atoms with Gasteiger partial charge in [0.1, 0.15) is 17.1 Å². The van der Waals surface area contributed by atoms with Gasteiger partial charge in [-0.1, -0.05) is 48.5 Å². The Morgan fingerprint density at radius 2 is 1.70 bits per heavy atom. The van der Waals surface area contributed by atoms with Crippen LogP contribution in [0.5, 0.6) is 5.75 Å². The molecule has 0 saturated carbocycles. The lowest BCUT2D eigenvalue weighted by Gasteiger charge is -2.12. The zero-order valence-corrected chi connectivity index (χ0v) is 20.3. The molecule has 1 amide bonds. The molecule has 3 aromatic carbocycles. The molecule has 5 rings (SSSR count). The number of fused-ring (bicyclic) bond motifs is 1. The van der Waals surface area contributed by atoms with Gasteiger partial charge in [-0.3, -0.25) is 4.79 Å². The van der Waals surface area contributed by atoms with E-state index < -0.39 is 5.97 Å². The Morgan fingerprint density at radius 3 is 2.54 bits per heavy atom. The maximum absolute atomic E-state index is 13.0. The number of carbonyl (C=O) groups excluding carboxylic acids is 2. The number of pyridine rings is 1. The molecule has 2 heterocycles. The lowest BCUT2D eigenvalue weighted by molar-refractivity contribution is 0.0518.